The summed E-state index contributed by atoms with van der Waals surface area (Å²) in [5.41, 5.74) is 1.08. The van der Waals surface area contributed by atoms with E-state index in [4.69, 9.17) is 4.52 Å². The molecular formula is C12H16N4O. The van der Waals surface area contributed by atoms with Crippen LogP contribution in [0.5, 0.6) is 0 Å². The number of hydrogen-bond donors (Lipinski definition) is 1. The fraction of sp³-hybridized carbons (Fsp3) is 0.417. The van der Waals surface area contributed by atoms with Gasteiger partial charge in [-0.2, -0.15) is 4.98 Å². The predicted molar refractivity (Wildman–Crippen MR) is 63.4 cm³/mol. The molecule has 0 fully saturated rings. The normalized spacial score (nSPS) is 12.6. The SMILES string of the molecule is CCNC(C)c1nc(Cc2cccnc2)no1. The lowest BCUT2D eigenvalue weighted by Crippen LogP contribution is -2.17. The van der Waals surface area contributed by atoms with Crippen LogP contribution in [0.4, 0.5) is 0 Å². The molecule has 2 heterocycles. The molecule has 2 aromatic rings. The van der Waals surface area contributed by atoms with Gasteiger partial charge in [0.25, 0.3) is 0 Å². The average Bonchev–Trinajstić information content (AvgIpc) is 2.79. The van der Waals surface area contributed by atoms with Gasteiger partial charge in [0.1, 0.15) is 0 Å². The highest BCUT2D eigenvalue weighted by Gasteiger charge is 2.13. The van der Waals surface area contributed by atoms with Crippen LogP contribution in [0.1, 0.15) is 37.2 Å². The van der Waals surface area contributed by atoms with Crippen LogP contribution in [0, 0.1) is 0 Å². The topological polar surface area (TPSA) is 63.8 Å². The van der Waals surface area contributed by atoms with Gasteiger partial charge in [-0.15, -0.1) is 0 Å². The Balaban J connectivity index is 2.04. The fourth-order valence-corrected chi connectivity index (χ4v) is 1.59. The molecule has 0 radical (unpaired) electrons. The quantitative estimate of drug-likeness (QED) is 0.850. The second-order valence-electron chi connectivity index (χ2n) is 3.87. The van der Waals surface area contributed by atoms with Crippen molar-refractivity contribution in [2.24, 2.45) is 0 Å². The van der Waals surface area contributed by atoms with Gasteiger partial charge in [-0.25, -0.2) is 0 Å². The van der Waals surface area contributed by atoms with Gasteiger partial charge in [0.2, 0.25) is 5.89 Å². The van der Waals surface area contributed by atoms with Gasteiger partial charge in [-0.1, -0.05) is 18.1 Å². The first kappa shape index (κ1) is 11.7. The third-order valence-electron chi connectivity index (χ3n) is 2.45. The first-order valence-corrected chi connectivity index (χ1v) is 5.74. The lowest BCUT2D eigenvalue weighted by Gasteiger charge is -2.04. The Morgan fingerprint density at radius 2 is 2.35 bits per heavy atom. The van der Waals surface area contributed by atoms with E-state index in [1.54, 1.807) is 6.20 Å². The van der Waals surface area contributed by atoms with Crippen molar-refractivity contribution in [3.8, 4) is 0 Å². The van der Waals surface area contributed by atoms with Crippen LogP contribution in [-0.2, 0) is 6.42 Å². The number of pyridine rings is 1. The maximum atomic E-state index is 5.21. The minimum atomic E-state index is 0.0927. The largest absolute Gasteiger partial charge is 0.338 e. The zero-order chi connectivity index (χ0) is 12.1. The smallest absolute Gasteiger partial charge is 0.243 e. The molecule has 1 atom stereocenters. The number of nitrogens with one attached hydrogen (secondary N) is 1. The Hall–Kier alpha value is -1.75. The maximum Gasteiger partial charge on any atom is 0.243 e. The van der Waals surface area contributed by atoms with Gasteiger partial charge in [0.15, 0.2) is 5.82 Å². The fourth-order valence-electron chi connectivity index (χ4n) is 1.59. The van der Waals surface area contributed by atoms with Gasteiger partial charge in [0.05, 0.1) is 6.04 Å². The Bertz CT molecular complexity index is 455. The summed E-state index contributed by atoms with van der Waals surface area (Å²) in [6, 6.07) is 3.99. The Morgan fingerprint density at radius 1 is 1.47 bits per heavy atom. The molecule has 0 amide bonds. The standard InChI is InChI=1S/C12H16N4O/c1-3-14-9(2)12-15-11(16-17-12)7-10-5-4-6-13-8-10/h4-6,8-9,14H,3,7H2,1-2H3. The monoisotopic (exact) mass is 232 g/mol. The molecule has 0 aliphatic carbocycles. The van der Waals surface area contributed by atoms with E-state index in [2.05, 4.69) is 20.4 Å². The average molecular weight is 232 g/mol. The summed E-state index contributed by atoms with van der Waals surface area (Å²) in [7, 11) is 0. The summed E-state index contributed by atoms with van der Waals surface area (Å²) in [5.74, 6) is 1.32. The Morgan fingerprint density at radius 3 is 3.06 bits per heavy atom. The van der Waals surface area contributed by atoms with Gasteiger partial charge in [-0.3, -0.25) is 4.98 Å². The summed E-state index contributed by atoms with van der Waals surface area (Å²) in [6.07, 6.45) is 4.21. The van der Waals surface area contributed by atoms with Gasteiger partial charge < -0.3 is 9.84 Å². The summed E-state index contributed by atoms with van der Waals surface area (Å²) in [6.45, 7) is 4.93. The van der Waals surface area contributed by atoms with Crippen molar-refractivity contribution >= 4 is 0 Å². The molecule has 1 N–H and O–H groups in total. The van der Waals surface area contributed by atoms with Crippen molar-refractivity contribution in [1.82, 2.24) is 20.4 Å². The van der Waals surface area contributed by atoms with Crippen molar-refractivity contribution in [2.45, 2.75) is 26.3 Å². The van der Waals surface area contributed by atoms with Gasteiger partial charge >= 0.3 is 0 Å². The van der Waals surface area contributed by atoms with E-state index in [9.17, 15) is 0 Å². The third-order valence-corrected chi connectivity index (χ3v) is 2.45. The van der Waals surface area contributed by atoms with E-state index in [0.29, 0.717) is 18.1 Å². The van der Waals surface area contributed by atoms with Crippen molar-refractivity contribution in [3.05, 3.63) is 41.8 Å². The zero-order valence-electron chi connectivity index (χ0n) is 10.1. The highest BCUT2D eigenvalue weighted by molar-refractivity contribution is 5.13. The Labute approximate surface area is 100 Å². The number of hydrogen-bond acceptors (Lipinski definition) is 5. The number of aromatic nitrogens is 3. The first-order chi connectivity index (χ1) is 8.29. The molecule has 2 rings (SSSR count). The minimum Gasteiger partial charge on any atom is -0.338 e. The predicted octanol–water partition coefficient (Wildman–Crippen LogP) is 1.73. The molecule has 0 aliphatic heterocycles. The molecule has 5 heteroatoms. The first-order valence-electron chi connectivity index (χ1n) is 5.74. The van der Waals surface area contributed by atoms with Gasteiger partial charge in [0, 0.05) is 18.8 Å². The van der Waals surface area contributed by atoms with E-state index < -0.39 is 0 Å². The van der Waals surface area contributed by atoms with Crippen LogP contribution in [0.25, 0.3) is 0 Å². The van der Waals surface area contributed by atoms with Crippen molar-refractivity contribution in [1.29, 1.82) is 0 Å². The molecule has 17 heavy (non-hydrogen) atoms. The maximum absolute atomic E-state index is 5.21. The van der Waals surface area contributed by atoms with Crippen molar-refractivity contribution in [2.75, 3.05) is 6.54 Å². The number of rotatable bonds is 5. The van der Waals surface area contributed by atoms with E-state index in [0.717, 1.165) is 12.1 Å². The molecule has 0 saturated carbocycles. The molecule has 5 nitrogen and oxygen atoms in total. The second kappa shape index (κ2) is 5.54. The lowest BCUT2D eigenvalue weighted by atomic mass is 10.2. The number of nitrogens with zero attached hydrogens (tertiary/aromatic N) is 3. The second-order valence-corrected chi connectivity index (χ2v) is 3.87. The molecule has 1 unspecified atom stereocenters. The molecule has 0 aliphatic rings. The molecule has 0 spiro atoms. The molecule has 0 aromatic carbocycles. The highest BCUT2D eigenvalue weighted by atomic mass is 16.5. The minimum absolute atomic E-state index is 0.0927. The molecule has 2 aromatic heterocycles. The van der Waals surface area contributed by atoms with E-state index in [-0.39, 0.29) is 6.04 Å². The van der Waals surface area contributed by atoms with E-state index in [1.807, 2.05) is 32.2 Å². The van der Waals surface area contributed by atoms with Crippen molar-refractivity contribution < 1.29 is 4.52 Å². The Kier molecular flexibility index (Phi) is 3.82. The van der Waals surface area contributed by atoms with E-state index >= 15 is 0 Å². The molecular weight excluding hydrogens is 216 g/mol. The van der Waals surface area contributed by atoms with Crippen LogP contribution in [0.3, 0.4) is 0 Å². The van der Waals surface area contributed by atoms with Crippen molar-refractivity contribution in [3.63, 3.8) is 0 Å². The van der Waals surface area contributed by atoms with Crippen LogP contribution in [0.2, 0.25) is 0 Å². The molecule has 0 saturated heterocycles. The van der Waals surface area contributed by atoms with Crippen LogP contribution < -0.4 is 5.32 Å². The molecule has 90 valence electrons. The van der Waals surface area contributed by atoms with Crippen LogP contribution >= 0.6 is 0 Å². The van der Waals surface area contributed by atoms with Gasteiger partial charge in [-0.05, 0) is 25.1 Å². The summed E-state index contributed by atoms with van der Waals surface area (Å²) in [4.78, 5) is 8.41. The molecule has 0 bridgehead atoms. The summed E-state index contributed by atoms with van der Waals surface area (Å²) in [5, 5.41) is 7.19. The summed E-state index contributed by atoms with van der Waals surface area (Å²) >= 11 is 0. The van der Waals surface area contributed by atoms with Crippen LogP contribution in [0.15, 0.2) is 29.0 Å². The van der Waals surface area contributed by atoms with E-state index in [1.165, 1.54) is 0 Å². The summed E-state index contributed by atoms with van der Waals surface area (Å²) < 4.78 is 5.21. The lowest BCUT2D eigenvalue weighted by molar-refractivity contribution is 0.339. The highest BCUT2D eigenvalue weighted by Crippen LogP contribution is 2.11. The third kappa shape index (κ3) is 3.10. The van der Waals surface area contributed by atoms with Crippen LogP contribution in [-0.4, -0.2) is 21.7 Å². The zero-order valence-corrected chi connectivity index (χ0v) is 10.1.